The summed E-state index contributed by atoms with van der Waals surface area (Å²) in [6, 6.07) is 9.68. The van der Waals surface area contributed by atoms with E-state index in [0.717, 1.165) is 12.2 Å². The summed E-state index contributed by atoms with van der Waals surface area (Å²) in [6.45, 7) is 7.20. The Morgan fingerprint density at radius 2 is 1.85 bits per heavy atom. The van der Waals surface area contributed by atoms with Gasteiger partial charge in [0.05, 0.1) is 12.2 Å². The molecule has 1 aromatic rings. The third kappa shape index (κ3) is 7.14. The Labute approximate surface area is 121 Å². The maximum absolute atomic E-state index is 11.8. The molecule has 0 saturated heterocycles. The van der Waals surface area contributed by atoms with E-state index in [-0.39, 0.29) is 18.1 Å². The van der Waals surface area contributed by atoms with E-state index >= 15 is 0 Å². The smallest absolute Gasteiger partial charge is 0.248 e. The fourth-order valence-corrected chi connectivity index (χ4v) is 1.52. The van der Waals surface area contributed by atoms with Crippen molar-refractivity contribution in [1.29, 1.82) is 0 Å². The number of rotatable bonds is 7. The minimum Gasteiger partial charge on any atom is -0.494 e. The Morgan fingerprint density at radius 1 is 1.20 bits per heavy atom. The van der Waals surface area contributed by atoms with Crippen LogP contribution in [-0.4, -0.2) is 43.2 Å². The monoisotopic (exact) mass is 279 g/mol. The minimum atomic E-state index is -0.285. The molecule has 0 bridgehead atoms. The summed E-state index contributed by atoms with van der Waals surface area (Å²) >= 11 is 0. The van der Waals surface area contributed by atoms with E-state index in [2.05, 4.69) is 0 Å². The number of nitrogens with zero attached hydrogens (tertiary/aromatic N) is 1. The van der Waals surface area contributed by atoms with E-state index < -0.39 is 0 Å². The third-order valence-corrected chi connectivity index (χ3v) is 2.70. The lowest BCUT2D eigenvalue weighted by Crippen LogP contribution is -2.34. The number of benzene rings is 1. The first-order valence-corrected chi connectivity index (χ1v) is 6.94. The van der Waals surface area contributed by atoms with Crippen LogP contribution in [0.3, 0.4) is 0 Å². The molecule has 0 heterocycles. The zero-order valence-corrected chi connectivity index (χ0v) is 12.9. The lowest BCUT2D eigenvalue weighted by Gasteiger charge is -2.22. The van der Waals surface area contributed by atoms with Gasteiger partial charge in [-0.15, -0.1) is 0 Å². The van der Waals surface area contributed by atoms with Crippen LogP contribution in [0.2, 0.25) is 0 Å². The summed E-state index contributed by atoms with van der Waals surface area (Å²) in [5.74, 6) is 0.859. The normalized spacial score (nSPS) is 11.2. The minimum absolute atomic E-state index is 0.000337. The number of para-hydroxylation sites is 1. The van der Waals surface area contributed by atoms with E-state index in [4.69, 9.17) is 9.47 Å². The molecule has 4 nitrogen and oxygen atoms in total. The first kappa shape index (κ1) is 16.5. The van der Waals surface area contributed by atoms with Crippen LogP contribution in [0, 0.1) is 0 Å². The van der Waals surface area contributed by atoms with E-state index in [1.54, 1.807) is 11.9 Å². The van der Waals surface area contributed by atoms with E-state index in [9.17, 15) is 4.79 Å². The molecule has 20 heavy (non-hydrogen) atoms. The van der Waals surface area contributed by atoms with Crippen LogP contribution in [0.5, 0.6) is 5.75 Å². The molecular weight excluding hydrogens is 254 g/mol. The molecule has 0 fully saturated rings. The summed E-state index contributed by atoms with van der Waals surface area (Å²) < 4.78 is 11.0. The van der Waals surface area contributed by atoms with Crippen LogP contribution >= 0.6 is 0 Å². The molecule has 1 rings (SSSR count). The molecule has 0 unspecified atom stereocenters. The number of carbonyl (C=O) groups excluding carboxylic acids is 1. The van der Waals surface area contributed by atoms with Crippen LogP contribution < -0.4 is 4.74 Å². The van der Waals surface area contributed by atoms with E-state index in [1.165, 1.54) is 0 Å². The third-order valence-electron chi connectivity index (χ3n) is 2.70. The first-order valence-electron chi connectivity index (χ1n) is 6.94. The lowest BCUT2D eigenvalue weighted by molar-refractivity contribution is -0.139. The maximum atomic E-state index is 11.8. The van der Waals surface area contributed by atoms with Crippen molar-refractivity contribution in [2.75, 3.05) is 26.8 Å². The SMILES string of the molecule is CN(CCCOc1ccccc1)C(=O)COC(C)(C)C. The Kier molecular flexibility index (Phi) is 6.52. The van der Waals surface area contributed by atoms with Crippen molar-refractivity contribution in [2.45, 2.75) is 32.8 Å². The van der Waals surface area contributed by atoms with Crippen molar-refractivity contribution < 1.29 is 14.3 Å². The number of hydrogen-bond donors (Lipinski definition) is 0. The first-order chi connectivity index (χ1) is 9.38. The molecule has 0 aliphatic carbocycles. The molecule has 1 aromatic carbocycles. The van der Waals surface area contributed by atoms with Crippen LogP contribution in [0.25, 0.3) is 0 Å². The molecule has 0 aliphatic rings. The van der Waals surface area contributed by atoms with Gasteiger partial charge in [-0.1, -0.05) is 18.2 Å². The summed E-state index contributed by atoms with van der Waals surface area (Å²) in [4.78, 5) is 13.5. The van der Waals surface area contributed by atoms with Gasteiger partial charge in [0.15, 0.2) is 0 Å². The van der Waals surface area contributed by atoms with E-state index in [0.29, 0.717) is 13.2 Å². The van der Waals surface area contributed by atoms with Gasteiger partial charge in [-0.3, -0.25) is 4.79 Å². The summed E-state index contributed by atoms with van der Waals surface area (Å²) in [6.07, 6.45) is 0.798. The second-order valence-corrected chi connectivity index (χ2v) is 5.73. The van der Waals surface area contributed by atoms with Crippen molar-refractivity contribution in [1.82, 2.24) is 4.90 Å². The Morgan fingerprint density at radius 3 is 2.45 bits per heavy atom. The highest BCUT2D eigenvalue weighted by Crippen LogP contribution is 2.09. The molecule has 1 amide bonds. The Hall–Kier alpha value is -1.55. The van der Waals surface area contributed by atoms with Crippen molar-refractivity contribution in [3.63, 3.8) is 0 Å². The van der Waals surface area contributed by atoms with Gasteiger partial charge in [0, 0.05) is 13.6 Å². The Bertz CT molecular complexity index is 398. The average Bonchev–Trinajstić information content (AvgIpc) is 2.41. The Balaban J connectivity index is 2.16. The maximum Gasteiger partial charge on any atom is 0.248 e. The van der Waals surface area contributed by atoms with Gasteiger partial charge in [-0.05, 0) is 39.3 Å². The number of likely N-dealkylation sites (N-methyl/N-ethyl adjacent to an activating group) is 1. The van der Waals surface area contributed by atoms with Gasteiger partial charge in [0.2, 0.25) is 5.91 Å². The molecule has 0 spiro atoms. The zero-order chi connectivity index (χ0) is 15.0. The molecule has 0 radical (unpaired) electrons. The summed E-state index contributed by atoms with van der Waals surface area (Å²) in [7, 11) is 1.79. The quantitative estimate of drug-likeness (QED) is 0.720. The molecular formula is C16H25NO3. The highest BCUT2D eigenvalue weighted by Gasteiger charge is 2.15. The van der Waals surface area contributed by atoms with Gasteiger partial charge in [-0.25, -0.2) is 0 Å². The standard InChI is InChI=1S/C16H25NO3/c1-16(2,3)20-13-15(18)17(4)11-8-12-19-14-9-6-5-7-10-14/h5-7,9-10H,8,11-13H2,1-4H3. The van der Waals surface area contributed by atoms with Gasteiger partial charge >= 0.3 is 0 Å². The van der Waals surface area contributed by atoms with Crippen LogP contribution in [-0.2, 0) is 9.53 Å². The fourth-order valence-electron chi connectivity index (χ4n) is 1.52. The van der Waals surface area contributed by atoms with Crippen LogP contribution in [0.1, 0.15) is 27.2 Å². The highest BCUT2D eigenvalue weighted by atomic mass is 16.5. The van der Waals surface area contributed by atoms with Crippen molar-refractivity contribution in [3.8, 4) is 5.75 Å². The van der Waals surface area contributed by atoms with Crippen molar-refractivity contribution >= 4 is 5.91 Å². The van der Waals surface area contributed by atoms with Crippen molar-refractivity contribution in [3.05, 3.63) is 30.3 Å². The van der Waals surface area contributed by atoms with Crippen LogP contribution in [0.15, 0.2) is 30.3 Å². The molecule has 0 saturated carbocycles. The largest absolute Gasteiger partial charge is 0.494 e. The second-order valence-electron chi connectivity index (χ2n) is 5.73. The fraction of sp³-hybridized carbons (Fsp3) is 0.562. The summed E-state index contributed by atoms with van der Waals surface area (Å²) in [5.41, 5.74) is -0.285. The topological polar surface area (TPSA) is 38.8 Å². The number of hydrogen-bond acceptors (Lipinski definition) is 3. The number of ether oxygens (including phenoxy) is 2. The zero-order valence-electron chi connectivity index (χ0n) is 12.9. The van der Waals surface area contributed by atoms with Crippen LogP contribution in [0.4, 0.5) is 0 Å². The van der Waals surface area contributed by atoms with Gasteiger partial charge < -0.3 is 14.4 Å². The predicted octanol–water partition coefficient (Wildman–Crippen LogP) is 2.73. The summed E-state index contributed by atoms with van der Waals surface area (Å²) in [5, 5.41) is 0. The van der Waals surface area contributed by atoms with Gasteiger partial charge in [0.1, 0.15) is 12.4 Å². The molecule has 112 valence electrons. The lowest BCUT2D eigenvalue weighted by atomic mass is 10.2. The molecule has 0 aliphatic heterocycles. The molecule has 4 heteroatoms. The van der Waals surface area contributed by atoms with Gasteiger partial charge in [-0.2, -0.15) is 0 Å². The van der Waals surface area contributed by atoms with Gasteiger partial charge in [0.25, 0.3) is 0 Å². The van der Waals surface area contributed by atoms with Crippen molar-refractivity contribution in [2.24, 2.45) is 0 Å². The number of amides is 1. The van der Waals surface area contributed by atoms with E-state index in [1.807, 2.05) is 51.1 Å². The molecule has 0 atom stereocenters. The average molecular weight is 279 g/mol. The highest BCUT2D eigenvalue weighted by molar-refractivity contribution is 5.77. The second kappa shape index (κ2) is 7.90. The number of carbonyl (C=O) groups is 1. The predicted molar refractivity (Wildman–Crippen MR) is 79.9 cm³/mol. The molecule has 0 aromatic heterocycles. The molecule has 0 N–H and O–H groups in total.